The molecular formula is C30H20O12. The number of ketones is 1. The van der Waals surface area contributed by atoms with Crippen molar-refractivity contribution < 1.29 is 54.8 Å². The average molecular weight is 572 g/mol. The number of phenols is 6. The highest BCUT2D eigenvalue weighted by Gasteiger charge is 2.39. The molecular weight excluding hydrogens is 552 g/mol. The second-order valence-electron chi connectivity index (χ2n) is 9.65. The van der Waals surface area contributed by atoms with Gasteiger partial charge in [-0.1, -0.05) is 12.1 Å². The Bertz CT molecular complexity index is 2010. The van der Waals surface area contributed by atoms with Crippen LogP contribution in [-0.2, 0) is 0 Å². The van der Waals surface area contributed by atoms with Crippen LogP contribution in [0.2, 0.25) is 0 Å². The fourth-order valence-electron chi connectivity index (χ4n) is 5.03. The highest BCUT2D eigenvalue weighted by atomic mass is 16.5. The Morgan fingerprint density at radius 1 is 0.643 bits per heavy atom. The predicted molar refractivity (Wildman–Crippen MR) is 145 cm³/mol. The molecule has 5 aromatic rings. The van der Waals surface area contributed by atoms with Gasteiger partial charge in [0.2, 0.25) is 5.78 Å². The lowest BCUT2D eigenvalue weighted by Gasteiger charge is -2.30. The lowest BCUT2D eigenvalue weighted by Crippen LogP contribution is -2.36. The number of carbonyl (C=O) groups is 1. The topological polar surface area (TPSA) is 218 Å². The van der Waals surface area contributed by atoms with Gasteiger partial charge in [-0.3, -0.25) is 4.79 Å². The fraction of sp³-hybridized carbons (Fsp3) is 0.0667. The molecule has 4 aromatic carbocycles. The van der Waals surface area contributed by atoms with Gasteiger partial charge in [0.15, 0.2) is 23.5 Å². The number of aliphatic hydroxyl groups is 1. The fourth-order valence-corrected chi connectivity index (χ4v) is 5.03. The van der Waals surface area contributed by atoms with Crippen LogP contribution < -0.4 is 10.4 Å². The molecule has 0 unspecified atom stereocenters. The van der Waals surface area contributed by atoms with Gasteiger partial charge in [0.1, 0.15) is 51.4 Å². The molecule has 0 saturated carbocycles. The zero-order chi connectivity index (χ0) is 30.0. The van der Waals surface area contributed by atoms with Gasteiger partial charge in [-0.05, 0) is 41.5 Å². The normalized spacial score (nSPS) is 16.3. The number of phenolic OH excluding ortho intramolecular Hbond substituents is 6. The standard InChI is InChI=1S/C30H20O12/c31-13-7-17-25(37)23(30(40)42-29(17)21(36)9-13)11-1-3-18(33)15(5-11)16-6-12(2-4-19(16)34)28-27(39)26(38)24-20(35)8-14(32)10-22(24)41-28/h1-10,27-28,31-37,39H/t27-,28-/m0/s1. The summed E-state index contributed by atoms with van der Waals surface area (Å²) < 4.78 is 10.9. The molecule has 0 amide bonds. The second kappa shape index (κ2) is 9.35. The molecule has 0 spiro atoms. The van der Waals surface area contributed by atoms with Crippen molar-refractivity contribution >= 4 is 16.8 Å². The van der Waals surface area contributed by atoms with Crippen LogP contribution in [0.5, 0.6) is 46.0 Å². The van der Waals surface area contributed by atoms with Gasteiger partial charge in [0.25, 0.3) is 0 Å². The number of hydrogen-bond acceptors (Lipinski definition) is 12. The Labute approximate surface area is 234 Å². The van der Waals surface area contributed by atoms with Crippen LogP contribution in [0.15, 0.2) is 69.9 Å². The summed E-state index contributed by atoms with van der Waals surface area (Å²) in [6, 6.07) is 11.7. The molecule has 1 aliphatic rings. The van der Waals surface area contributed by atoms with Gasteiger partial charge >= 0.3 is 5.63 Å². The van der Waals surface area contributed by atoms with E-state index in [1.54, 1.807) is 0 Å². The second-order valence-corrected chi connectivity index (χ2v) is 9.65. The minimum Gasteiger partial charge on any atom is -0.508 e. The van der Waals surface area contributed by atoms with E-state index in [0.717, 1.165) is 24.3 Å². The van der Waals surface area contributed by atoms with Crippen molar-refractivity contribution in [3.63, 3.8) is 0 Å². The zero-order valence-electron chi connectivity index (χ0n) is 21.1. The van der Waals surface area contributed by atoms with Crippen molar-refractivity contribution in [3.05, 3.63) is 82.2 Å². The van der Waals surface area contributed by atoms with E-state index in [4.69, 9.17) is 9.15 Å². The van der Waals surface area contributed by atoms with E-state index in [0.29, 0.717) is 0 Å². The van der Waals surface area contributed by atoms with Crippen LogP contribution in [0.1, 0.15) is 22.0 Å². The van der Waals surface area contributed by atoms with E-state index < -0.39 is 46.6 Å². The number of aliphatic hydroxyl groups excluding tert-OH is 1. The van der Waals surface area contributed by atoms with Crippen LogP contribution in [0.25, 0.3) is 33.2 Å². The molecule has 0 fully saturated rings. The summed E-state index contributed by atoms with van der Waals surface area (Å²) in [4.78, 5) is 25.7. The first-order valence-corrected chi connectivity index (χ1v) is 12.3. The third-order valence-electron chi connectivity index (χ3n) is 6.99. The first-order valence-electron chi connectivity index (χ1n) is 12.3. The quantitative estimate of drug-likeness (QED) is 0.145. The summed E-state index contributed by atoms with van der Waals surface area (Å²) in [6.07, 6.45) is -3.12. The number of fused-ring (bicyclic) bond motifs is 2. The van der Waals surface area contributed by atoms with E-state index in [1.165, 1.54) is 36.4 Å². The minimum atomic E-state index is -1.78. The molecule has 2 heterocycles. The maximum absolute atomic E-state index is 12.9. The molecule has 1 aliphatic heterocycles. The lowest BCUT2D eigenvalue weighted by atomic mass is 9.90. The Morgan fingerprint density at radius 3 is 2.02 bits per heavy atom. The highest BCUT2D eigenvalue weighted by Crippen LogP contribution is 2.45. The predicted octanol–water partition coefficient (Wildman–Crippen LogP) is 3.74. The van der Waals surface area contributed by atoms with Crippen molar-refractivity contribution in [2.45, 2.75) is 12.2 Å². The van der Waals surface area contributed by atoms with Crippen LogP contribution >= 0.6 is 0 Å². The van der Waals surface area contributed by atoms with Crippen molar-refractivity contribution in [1.29, 1.82) is 0 Å². The van der Waals surface area contributed by atoms with Crippen LogP contribution in [-0.4, -0.2) is 52.7 Å². The average Bonchev–Trinajstić information content (AvgIpc) is 2.92. The Balaban J connectivity index is 1.47. The smallest absolute Gasteiger partial charge is 0.348 e. The molecule has 12 heteroatoms. The molecule has 6 rings (SSSR count). The lowest BCUT2D eigenvalue weighted by molar-refractivity contribution is 0.0211. The van der Waals surface area contributed by atoms with Crippen molar-refractivity contribution in [2.24, 2.45) is 0 Å². The number of hydrogen-bond donors (Lipinski definition) is 8. The molecule has 1 aromatic heterocycles. The summed E-state index contributed by atoms with van der Waals surface area (Å²) in [5.41, 5.74) is -1.91. The Hall–Kier alpha value is -5.88. The largest absolute Gasteiger partial charge is 0.508 e. The van der Waals surface area contributed by atoms with E-state index in [9.17, 15) is 50.4 Å². The molecule has 0 saturated heterocycles. The Morgan fingerprint density at radius 2 is 1.29 bits per heavy atom. The summed E-state index contributed by atoms with van der Waals surface area (Å²) in [7, 11) is 0. The molecule has 212 valence electrons. The number of ether oxygens (including phenoxy) is 1. The number of benzene rings is 4. The minimum absolute atomic E-state index is 0.0143. The molecule has 8 N–H and O–H groups in total. The zero-order valence-corrected chi connectivity index (χ0v) is 21.1. The van der Waals surface area contributed by atoms with E-state index in [1.807, 2.05) is 0 Å². The number of aromatic hydroxyl groups is 7. The van der Waals surface area contributed by atoms with Gasteiger partial charge in [0, 0.05) is 29.3 Å². The summed E-state index contributed by atoms with van der Waals surface area (Å²) in [5.74, 6) is -4.30. The van der Waals surface area contributed by atoms with E-state index in [-0.39, 0.29) is 67.3 Å². The molecule has 0 radical (unpaired) electrons. The molecule has 0 bridgehead atoms. The van der Waals surface area contributed by atoms with Gasteiger partial charge < -0.3 is 50.0 Å². The maximum Gasteiger partial charge on any atom is 0.348 e. The molecule has 12 nitrogen and oxygen atoms in total. The third-order valence-corrected chi connectivity index (χ3v) is 6.99. The van der Waals surface area contributed by atoms with E-state index in [2.05, 4.69) is 0 Å². The van der Waals surface area contributed by atoms with Gasteiger partial charge in [0.05, 0.1) is 5.39 Å². The first kappa shape index (κ1) is 26.3. The molecule has 2 atom stereocenters. The van der Waals surface area contributed by atoms with Crippen molar-refractivity contribution in [3.8, 4) is 68.2 Å². The molecule has 0 aliphatic carbocycles. The van der Waals surface area contributed by atoms with E-state index >= 15 is 0 Å². The van der Waals surface area contributed by atoms with Crippen LogP contribution in [0.3, 0.4) is 0 Å². The van der Waals surface area contributed by atoms with Crippen LogP contribution in [0, 0.1) is 0 Å². The van der Waals surface area contributed by atoms with Crippen molar-refractivity contribution in [2.75, 3.05) is 0 Å². The summed E-state index contributed by atoms with van der Waals surface area (Å²) >= 11 is 0. The Kier molecular flexibility index (Phi) is 5.87. The number of carbonyl (C=O) groups excluding carboxylic acids is 1. The number of rotatable bonds is 3. The van der Waals surface area contributed by atoms with Gasteiger partial charge in [-0.15, -0.1) is 0 Å². The monoisotopic (exact) mass is 572 g/mol. The third kappa shape index (κ3) is 4.05. The first-order chi connectivity index (χ1) is 19.9. The van der Waals surface area contributed by atoms with Crippen molar-refractivity contribution in [1.82, 2.24) is 0 Å². The summed E-state index contributed by atoms with van der Waals surface area (Å²) in [6.45, 7) is 0. The van der Waals surface area contributed by atoms with Gasteiger partial charge in [-0.25, -0.2) is 4.79 Å². The van der Waals surface area contributed by atoms with Crippen LogP contribution in [0.4, 0.5) is 0 Å². The van der Waals surface area contributed by atoms with Gasteiger partial charge in [-0.2, -0.15) is 0 Å². The SMILES string of the molecule is O=C1c2c(O)cc(O)cc2O[C@@H](c2ccc(O)c(-c3cc(-c4c(O)c5cc(O)cc(O)c5oc4=O)ccc3O)c2)[C@H]1O. The number of Topliss-reactive ketones (excluding diaryl/α,β-unsaturated/α-hetero) is 1. The highest BCUT2D eigenvalue weighted by molar-refractivity contribution is 6.05. The maximum atomic E-state index is 12.9. The molecule has 42 heavy (non-hydrogen) atoms. The summed E-state index contributed by atoms with van der Waals surface area (Å²) in [5, 5.41) is 82.7.